The van der Waals surface area contributed by atoms with Crippen LogP contribution >= 0.6 is 15.9 Å². The Morgan fingerprint density at radius 1 is 1.25 bits per heavy atom. The topological polar surface area (TPSA) is 76.0 Å². The van der Waals surface area contributed by atoms with Crippen molar-refractivity contribution in [2.24, 2.45) is 0 Å². The molecule has 3 rings (SSSR count). The van der Waals surface area contributed by atoms with E-state index in [1.54, 1.807) is 13.3 Å². The highest BCUT2D eigenvalue weighted by molar-refractivity contribution is 9.10. The minimum Gasteiger partial charge on any atom is -0.497 e. The monoisotopic (exact) mass is 332 g/mol. The van der Waals surface area contributed by atoms with Crippen LogP contribution in [0.1, 0.15) is 0 Å². The Balaban J connectivity index is 2.02. The lowest BCUT2D eigenvalue weighted by Gasteiger charge is -2.12. The van der Waals surface area contributed by atoms with Gasteiger partial charge in [0.15, 0.2) is 0 Å². The molecule has 102 valence electrons. The van der Waals surface area contributed by atoms with Crippen LogP contribution < -0.4 is 15.8 Å². The molecule has 0 aliphatic heterocycles. The van der Waals surface area contributed by atoms with Crippen molar-refractivity contribution in [3.63, 3.8) is 0 Å². The number of nitrogens with one attached hydrogen (secondary N) is 2. The largest absolute Gasteiger partial charge is 0.497 e. The van der Waals surface area contributed by atoms with E-state index in [4.69, 9.17) is 10.5 Å². The number of H-pyrrole nitrogens is 1. The Bertz CT molecular complexity index is 769. The van der Waals surface area contributed by atoms with Gasteiger partial charge in [0.25, 0.3) is 0 Å². The maximum atomic E-state index is 6.06. The normalized spacial score (nSPS) is 10.7. The second kappa shape index (κ2) is 5.05. The molecule has 0 bridgehead atoms. The van der Waals surface area contributed by atoms with Gasteiger partial charge in [0.2, 0.25) is 0 Å². The number of aromatic nitrogens is 2. The highest BCUT2D eigenvalue weighted by atomic mass is 79.9. The third-order valence-electron chi connectivity index (χ3n) is 3.05. The van der Waals surface area contributed by atoms with Crippen molar-refractivity contribution in [2.45, 2.75) is 0 Å². The molecule has 4 N–H and O–H groups in total. The van der Waals surface area contributed by atoms with Crippen LogP contribution in [0.5, 0.6) is 5.75 Å². The Morgan fingerprint density at radius 3 is 2.90 bits per heavy atom. The van der Waals surface area contributed by atoms with Crippen LogP contribution in [-0.2, 0) is 0 Å². The first-order valence-corrected chi connectivity index (χ1v) is 6.80. The molecular weight excluding hydrogens is 320 g/mol. The first kappa shape index (κ1) is 12.8. The van der Waals surface area contributed by atoms with Gasteiger partial charge in [-0.15, -0.1) is 0 Å². The fourth-order valence-corrected chi connectivity index (χ4v) is 2.34. The zero-order chi connectivity index (χ0) is 14.1. The lowest BCUT2D eigenvalue weighted by Crippen LogP contribution is -1.97. The molecule has 2 aromatic carbocycles. The first-order valence-electron chi connectivity index (χ1n) is 6.00. The molecule has 5 nitrogen and oxygen atoms in total. The van der Waals surface area contributed by atoms with E-state index >= 15 is 0 Å². The van der Waals surface area contributed by atoms with Gasteiger partial charge >= 0.3 is 0 Å². The molecule has 0 fully saturated rings. The van der Waals surface area contributed by atoms with Gasteiger partial charge in [-0.3, -0.25) is 5.10 Å². The molecule has 0 spiro atoms. The van der Waals surface area contributed by atoms with Crippen LogP contribution in [0.3, 0.4) is 0 Å². The zero-order valence-corrected chi connectivity index (χ0v) is 12.4. The van der Waals surface area contributed by atoms with Crippen molar-refractivity contribution in [1.29, 1.82) is 0 Å². The standard InChI is InChI=1S/C14H13BrN4O/c1-20-9-2-3-10(15)13(5-9)18-14-6-12-8(4-11(14)16)7-17-19-12/h2-7,18H,16H2,1H3,(H,17,19). The van der Waals surface area contributed by atoms with Crippen LogP contribution in [0.15, 0.2) is 41.0 Å². The van der Waals surface area contributed by atoms with Crippen molar-refractivity contribution in [1.82, 2.24) is 10.2 Å². The van der Waals surface area contributed by atoms with Gasteiger partial charge in [0, 0.05) is 15.9 Å². The van der Waals surface area contributed by atoms with Crippen molar-refractivity contribution >= 4 is 43.9 Å². The molecule has 6 heteroatoms. The average molecular weight is 333 g/mol. The Hall–Kier alpha value is -2.21. The Labute approximate surface area is 124 Å². The molecule has 1 aromatic heterocycles. The summed E-state index contributed by atoms with van der Waals surface area (Å²) < 4.78 is 6.16. The lowest BCUT2D eigenvalue weighted by atomic mass is 10.2. The summed E-state index contributed by atoms with van der Waals surface area (Å²) in [5.74, 6) is 0.775. The number of nitrogens with zero attached hydrogens (tertiary/aromatic N) is 1. The molecule has 0 amide bonds. The third-order valence-corrected chi connectivity index (χ3v) is 3.74. The summed E-state index contributed by atoms with van der Waals surface area (Å²) in [5, 5.41) is 11.2. The third kappa shape index (κ3) is 2.30. The number of nitrogen functional groups attached to an aromatic ring is 1. The van der Waals surface area contributed by atoms with E-state index in [1.165, 1.54) is 0 Å². The van der Waals surface area contributed by atoms with E-state index in [1.807, 2.05) is 30.3 Å². The van der Waals surface area contributed by atoms with Gasteiger partial charge in [-0.25, -0.2) is 0 Å². The van der Waals surface area contributed by atoms with Crippen molar-refractivity contribution in [3.8, 4) is 5.75 Å². The molecule has 0 aliphatic rings. The number of ether oxygens (including phenoxy) is 1. The number of nitrogens with two attached hydrogens (primary N) is 1. The van der Waals surface area contributed by atoms with Crippen LogP contribution in [-0.4, -0.2) is 17.3 Å². The van der Waals surface area contributed by atoms with Crippen LogP contribution in [0.2, 0.25) is 0 Å². The fraction of sp³-hybridized carbons (Fsp3) is 0.0714. The molecule has 20 heavy (non-hydrogen) atoms. The number of methoxy groups -OCH3 is 1. The predicted octanol–water partition coefficient (Wildman–Crippen LogP) is 3.66. The molecule has 1 heterocycles. The number of halogens is 1. The van der Waals surface area contributed by atoms with Gasteiger partial charge in [0.1, 0.15) is 5.75 Å². The van der Waals surface area contributed by atoms with E-state index < -0.39 is 0 Å². The van der Waals surface area contributed by atoms with Gasteiger partial charge in [-0.1, -0.05) is 0 Å². The van der Waals surface area contributed by atoms with Crippen molar-refractivity contribution in [3.05, 3.63) is 41.0 Å². The van der Waals surface area contributed by atoms with E-state index in [2.05, 4.69) is 31.4 Å². The number of fused-ring (bicyclic) bond motifs is 1. The first-order chi connectivity index (χ1) is 9.67. The highest BCUT2D eigenvalue weighted by Crippen LogP contribution is 2.33. The summed E-state index contributed by atoms with van der Waals surface area (Å²) in [6, 6.07) is 9.53. The van der Waals surface area contributed by atoms with E-state index in [9.17, 15) is 0 Å². The molecule has 0 saturated carbocycles. The molecular formula is C14H13BrN4O. The van der Waals surface area contributed by atoms with Crippen molar-refractivity contribution < 1.29 is 4.74 Å². The number of aromatic amines is 1. The smallest absolute Gasteiger partial charge is 0.121 e. The number of rotatable bonds is 3. The highest BCUT2D eigenvalue weighted by Gasteiger charge is 2.07. The van der Waals surface area contributed by atoms with Gasteiger partial charge in [-0.05, 0) is 40.2 Å². The molecule has 0 atom stereocenters. The van der Waals surface area contributed by atoms with E-state index in [0.29, 0.717) is 5.69 Å². The number of anilines is 3. The lowest BCUT2D eigenvalue weighted by molar-refractivity contribution is 0.415. The zero-order valence-electron chi connectivity index (χ0n) is 10.8. The summed E-state index contributed by atoms with van der Waals surface area (Å²) in [6.45, 7) is 0. The Kier molecular flexibility index (Phi) is 3.23. The Morgan fingerprint density at radius 2 is 2.10 bits per heavy atom. The predicted molar refractivity (Wildman–Crippen MR) is 84.5 cm³/mol. The SMILES string of the molecule is COc1ccc(Br)c(Nc2cc3[nH]ncc3cc2N)c1. The average Bonchev–Trinajstić information content (AvgIpc) is 2.88. The summed E-state index contributed by atoms with van der Waals surface area (Å²) in [4.78, 5) is 0. The van der Waals surface area contributed by atoms with Gasteiger partial charge in [0.05, 0.1) is 35.9 Å². The van der Waals surface area contributed by atoms with Crippen LogP contribution in [0, 0.1) is 0 Å². The summed E-state index contributed by atoms with van der Waals surface area (Å²) in [6.07, 6.45) is 1.75. The quantitative estimate of drug-likeness (QED) is 0.640. The number of hydrogen-bond acceptors (Lipinski definition) is 4. The second-order valence-electron chi connectivity index (χ2n) is 4.37. The second-order valence-corrected chi connectivity index (χ2v) is 5.22. The summed E-state index contributed by atoms with van der Waals surface area (Å²) >= 11 is 3.50. The van der Waals surface area contributed by atoms with Crippen LogP contribution in [0.4, 0.5) is 17.1 Å². The minimum absolute atomic E-state index is 0.661. The molecule has 0 saturated heterocycles. The number of hydrogen-bond donors (Lipinski definition) is 3. The number of benzene rings is 2. The van der Waals surface area contributed by atoms with Gasteiger partial charge < -0.3 is 15.8 Å². The van der Waals surface area contributed by atoms with Crippen LogP contribution in [0.25, 0.3) is 10.9 Å². The molecule has 0 aliphatic carbocycles. The molecule has 0 radical (unpaired) electrons. The maximum Gasteiger partial charge on any atom is 0.121 e. The summed E-state index contributed by atoms with van der Waals surface area (Å²) in [7, 11) is 1.64. The molecule has 0 unspecified atom stereocenters. The minimum atomic E-state index is 0.661. The van der Waals surface area contributed by atoms with E-state index in [0.717, 1.165) is 32.5 Å². The fourth-order valence-electron chi connectivity index (χ4n) is 1.99. The maximum absolute atomic E-state index is 6.06. The van der Waals surface area contributed by atoms with Gasteiger partial charge in [-0.2, -0.15) is 5.10 Å². The summed E-state index contributed by atoms with van der Waals surface area (Å²) in [5.41, 5.74) is 9.36. The molecule has 3 aromatic rings. The van der Waals surface area contributed by atoms with Crippen molar-refractivity contribution in [2.75, 3.05) is 18.2 Å². The van der Waals surface area contributed by atoms with E-state index in [-0.39, 0.29) is 0 Å².